The van der Waals surface area contributed by atoms with Gasteiger partial charge in [0.1, 0.15) is 5.75 Å². The highest BCUT2D eigenvalue weighted by Crippen LogP contribution is 2.41. The molecule has 0 aromatic heterocycles. The Hall–Kier alpha value is -2.25. The highest BCUT2D eigenvalue weighted by molar-refractivity contribution is 9.10. The average Bonchev–Trinajstić information content (AvgIpc) is 3.10. The van der Waals surface area contributed by atoms with E-state index in [4.69, 9.17) is 14.2 Å². The fourth-order valence-electron chi connectivity index (χ4n) is 4.89. The number of benzene rings is 2. The van der Waals surface area contributed by atoms with Crippen LogP contribution >= 0.6 is 15.9 Å². The lowest BCUT2D eigenvalue weighted by Gasteiger charge is -2.26. The normalized spacial score (nSPS) is 16.5. The van der Waals surface area contributed by atoms with Gasteiger partial charge in [-0.15, -0.1) is 0 Å². The number of ether oxygens (including phenoxy) is 3. The Bertz CT molecular complexity index is 974. The minimum Gasteiger partial charge on any atom is -0.494 e. The van der Waals surface area contributed by atoms with Gasteiger partial charge in [-0.05, 0) is 103 Å². The van der Waals surface area contributed by atoms with Gasteiger partial charge in [-0.2, -0.15) is 0 Å². The Morgan fingerprint density at radius 2 is 1.71 bits per heavy atom. The maximum atomic E-state index is 13.2. The summed E-state index contributed by atoms with van der Waals surface area (Å²) in [5, 5.41) is 0. The van der Waals surface area contributed by atoms with Crippen LogP contribution in [0.1, 0.15) is 47.2 Å². The van der Waals surface area contributed by atoms with Crippen molar-refractivity contribution in [3.05, 3.63) is 51.5 Å². The number of likely N-dealkylation sites (tertiary alicyclic amines) is 1. The maximum absolute atomic E-state index is 13.2. The molecule has 0 atom stereocenters. The molecule has 2 aliphatic rings. The Labute approximate surface area is 211 Å². The van der Waals surface area contributed by atoms with Crippen molar-refractivity contribution in [3.63, 3.8) is 0 Å². The van der Waals surface area contributed by atoms with E-state index in [0.717, 1.165) is 36.0 Å². The molecule has 0 N–H and O–H groups in total. The molecule has 2 aromatic carbocycles. The molecule has 1 fully saturated rings. The van der Waals surface area contributed by atoms with Gasteiger partial charge in [0, 0.05) is 25.2 Å². The monoisotopic (exact) mass is 530 g/mol. The molecule has 1 amide bonds. The molecule has 4 rings (SSSR count). The predicted molar refractivity (Wildman–Crippen MR) is 137 cm³/mol. The molecule has 34 heavy (non-hydrogen) atoms. The third-order valence-corrected chi connectivity index (χ3v) is 7.65. The quantitative estimate of drug-likeness (QED) is 0.451. The summed E-state index contributed by atoms with van der Waals surface area (Å²) in [5.74, 6) is 2.29. The zero-order valence-electron chi connectivity index (χ0n) is 20.3. The first-order valence-corrected chi connectivity index (χ1v) is 13.1. The molecule has 0 radical (unpaired) electrons. The lowest BCUT2D eigenvalue weighted by atomic mass is 10.0. The Morgan fingerprint density at radius 1 is 0.971 bits per heavy atom. The molecule has 2 aromatic rings. The Balaban J connectivity index is 1.31. The summed E-state index contributed by atoms with van der Waals surface area (Å²) in [4.78, 5) is 17.7. The second-order valence-corrected chi connectivity index (χ2v) is 9.78. The van der Waals surface area contributed by atoms with E-state index in [1.165, 1.54) is 43.5 Å². The van der Waals surface area contributed by atoms with Crippen molar-refractivity contribution in [1.29, 1.82) is 0 Å². The van der Waals surface area contributed by atoms with Crippen molar-refractivity contribution in [2.45, 2.75) is 38.5 Å². The highest BCUT2D eigenvalue weighted by Gasteiger charge is 2.24. The molecule has 0 aliphatic carbocycles. The summed E-state index contributed by atoms with van der Waals surface area (Å²) in [6.45, 7) is 5.57. The summed E-state index contributed by atoms with van der Waals surface area (Å²) in [6, 6.07) is 9.61. The minimum atomic E-state index is 0.0551. The molecule has 6 nitrogen and oxygen atoms in total. The summed E-state index contributed by atoms with van der Waals surface area (Å²) < 4.78 is 17.9. The third kappa shape index (κ3) is 5.87. The maximum Gasteiger partial charge on any atom is 0.253 e. The molecular formula is C27H35BrN2O4. The van der Waals surface area contributed by atoms with Crippen molar-refractivity contribution in [2.24, 2.45) is 0 Å². The lowest BCUT2D eigenvalue weighted by molar-refractivity contribution is 0.0763. The smallest absolute Gasteiger partial charge is 0.253 e. The van der Waals surface area contributed by atoms with Gasteiger partial charge in [-0.25, -0.2) is 0 Å². The van der Waals surface area contributed by atoms with Crippen molar-refractivity contribution < 1.29 is 19.0 Å². The van der Waals surface area contributed by atoms with Gasteiger partial charge in [-0.1, -0.05) is 6.42 Å². The number of rotatable bonds is 8. The molecule has 0 unspecified atom stereocenters. The van der Waals surface area contributed by atoms with E-state index in [-0.39, 0.29) is 5.91 Å². The number of hydrogen-bond donors (Lipinski definition) is 0. The molecule has 0 saturated carbocycles. The van der Waals surface area contributed by atoms with Crippen LogP contribution in [0.4, 0.5) is 0 Å². The first kappa shape index (κ1) is 24.9. The number of methoxy groups -OCH3 is 2. The van der Waals surface area contributed by atoms with Crippen LogP contribution < -0.4 is 14.2 Å². The fourth-order valence-corrected chi connectivity index (χ4v) is 5.70. The van der Waals surface area contributed by atoms with Crippen molar-refractivity contribution >= 4 is 21.8 Å². The Morgan fingerprint density at radius 3 is 2.41 bits per heavy atom. The van der Waals surface area contributed by atoms with Crippen LogP contribution in [0.25, 0.3) is 0 Å². The third-order valence-electron chi connectivity index (χ3n) is 6.81. The van der Waals surface area contributed by atoms with Gasteiger partial charge in [0.15, 0.2) is 11.5 Å². The van der Waals surface area contributed by atoms with Gasteiger partial charge in [0.25, 0.3) is 5.91 Å². The van der Waals surface area contributed by atoms with Crippen LogP contribution in [0.15, 0.2) is 34.8 Å². The first-order valence-electron chi connectivity index (χ1n) is 12.3. The van der Waals surface area contributed by atoms with Gasteiger partial charge in [-0.3, -0.25) is 4.79 Å². The van der Waals surface area contributed by atoms with Crippen LogP contribution in [-0.4, -0.2) is 69.3 Å². The number of carbonyl (C=O) groups excluding carboxylic acids is 1. The van der Waals surface area contributed by atoms with Crippen LogP contribution in [0.2, 0.25) is 0 Å². The molecule has 1 saturated heterocycles. The molecule has 2 heterocycles. The van der Waals surface area contributed by atoms with E-state index in [2.05, 4.69) is 20.8 Å². The van der Waals surface area contributed by atoms with Gasteiger partial charge in [0.2, 0.25) is 0 Å². The zero-order valence-corrected chi connectivity index (χ0v) is 21.9. The number of piperidine rings is 1. The van der Waals surface area contributed by atoms with Crippen molar-refractivity contribution in [3.8, 4) is 17.2 Å². The van der Waals surface area contributed by atoms with E-state index >= 15 is 0 Å². The number of amides is 1. The largest absolute Gasteiger partial charge is 0.494 e. The zero-order chi connectivity index (χ0) is 23.9. The van der Waals surface area contributed by atoms with Gasteiger partial charge >= 0.3 is 0 Å². The number of carbonyl (C=O) groups is 1. The molecule has 2 aliphatic heterocycles. The summed E-state index contributed by atoms with van der Waals surface area (Å²) in [5.41, 5.74) is 3.07. The van der Waals surface area contributed by atoms with Crippen LogP contribution in [0.5, 0.6) is 17.2 Å². The Kier molecular flexibility index (Phi) is 8.73. The number of nitrogens with zero attached hydrogens (tertiary/aromatic N) is 2. The van der Waals surface area contributed by atoms with E-state index in [0.29, 0.717) is 36.8 Å². The molecule has 7 heteroatoms. The van der Waals surface area contributed by atoms with E-state index in [1.807, 2.05) is 35.2 Å². The van der Waals surface area contributed by atoms with Gasteiger partial charge < -0.3 is 24.0 Å². The average molecular weight is 531 g/mol. The predicted octanol–water partition coefficient (Wildman–Crippen LogP) is 4.96. The summed E-state index contributed by atoms with van der Waals surface area (Å²) in [6.07, 6.45) is 6.57. The second kappa shape index (κ2) is 11.9. The fraction of sp³-hybridized carbons (Fsp3) is 0.519. The van der Waals surface area contributed by atoms with Crippen LogP contribution in [-0.2, 0) is 12.8 Å². The molecule has 184 valence electrons. The van der Waals surface area contributed by atoms with Crippen molar-refractivity contribution in [2.75, 3.05) is 53.6 Å². The van der Waals surface area contributed by atoms with E-state index in [1.54, 1.807) is 14.2 Å². The summed E-state index contributed by atoms with van der Waals surface area (Å²) >= 11 is 3.69. The van der Waals surface area contributed by atoms with Crippen molar-refractivity contribution in [1.82, 2.24) is 9.80 Å². The lowest BCUT2D eigenvalue weighted by Crippen LogP contribution is -2.33. The standard InChI is InChI=1S/C27H35BrN2O4/c1-32-24-19-21-11-16-30(17-12-23(21)25(28)26(24)33-2)27(31)20-7-9-22(10-8-20)34-18-6-15-29-13-4-3-5-14-29/h7-10,19H,3-6,11-18H2,1-2H3. The number of halogens is 1. The SMILES string of the molecule is COc1cc2c(c(Br)c1OC)CCN(C(=O)c1ccc(OCCCN3CCCCC3)cc1)CC2. The second-order valence-electron chi connectivity index (χ2n) is 8.98. The van der Waals surface area contributed by atoms with E-state index in [9.17, 15) is 4.79 Å². The van der Waals surface area contributed by atoms with Gasteiger partial charge in [0.05, 0.1) is 25.3 Å². The number of fused-ring (bicyclic) bond motifs is 1. The minimum absolute atomic E-state index is 0.0551. The van der Waals surface area contributed by atoms with Crippen LogP contribution in [0.3, 0.4) is 0 Å². The highest BCUT2D eigenvalue weighted by atomic mass is 79.9. The van der Waals surface area contributed by atoms with E-state index < -0.39 is 0 Å². The topological polar surface area (TPSA) is 51.2 Å². The number of hydrogen-bond acceptors (Lipinski definition) is 5. The van der Waals surface area contributed by atoms with Crippen LogP contribution in [0, 0.1) is 0 Å². The molecule has 0 bridgehead atoms. The first-order chi connectivity index (χ1) is 16.6. The molecule has 0 spiro atoms. The summed E-state index contributed by atoms with van der Waals surface area (Å²) in [7, 11) is 3.29. The molecular weight excluding hydrogens is 496 g/mol.